The molecule has 0 bridgehead atoms. The van der Waals surface area contributed by atoms with E-state index in [1.54, 1.807) is 0 Å². The van der Waals surface area contributed by atoms with Crippen molar-refractivity contribution in [1.82, 2.24) is 24.6 Å². The van der Waals surface area contributed by atoms with E-state index in [1.165, 1.54) is 11.1 Å². The normalized spacial score (nSPS) is 21.0. The maximum absolute atomic E-state index is 12.5. The van der Waals surface area contributed by atoms with Crippen LogP contribution >= 0.6 is 0 Å². The average molecular weight is 492 g/mol. The van der Waals surface area contributed by atoms with E-state index in [2.05, 4.69) is 29.1 Å². The molecule has 0 atom stereocenters. The van der Waals surface area contributed by atoms with Crippen molar-refractivity contribution in [3.05, 3.63) is 47.0 Å². The van der Waals surface area contributed by atoms with E-state index < -0.39 is 5.60 Å². The van der Waals surface area contributed by atoms with Gasteiger partial charge in [0.25, 0.3) is 0 Å². The number of aromatic nitrogens is 4. The van der Waals surface area contributed by atoms with Gasteiger partial charge in [-0.2, -0.15) is 5.10 Å². The Labute approximate surface area is 212 Å². The molecule has 0 radical (unpaired) electrons. The third-order valence-corrected chi connectivity index (χ3v) is 7.35. The minimum atomic E-state index is -0.480. The molecule has 3 heterocycles. The van der Waals surface area contributed by atoms with Gasteiger partial charge in [0.05, 0.1) is 17.8 Å². The van der Waals surface area contributed by atoms with E-state index in [0.29, 0.717) is 24.9 Å². The number of likely N-dealkylation sites (tertiary alicyclic amines) is 1. The third kappa shape index (κ3) is 5.24. The zero-order valence-electron chi connectivity index (χ0n) is 22.0. The van der Waals surface area contributed by atoms with Crippen molar-refractivity contribution >= 4 is 17.0 Å². The summed E-state index contributed by atoms with van der Waals surface area (Å²) in [6.07, 6.45) is 5.87. The molecule has 1 aliphatic heterocycles. The Balaban J connectivity index is 1.37. The van der Waals surface area contributed by atoms with Crippen molar-refractivity contribution in [3.8, 4) is 5.82 Å². The van der Waals surface area contributed by atoms with Gasteiger partial charge in [-0.25, -0.2) is 19.4 Å². The Kier molecular flexibility index (Phi) is 6.49. The lowest BCUT2D eigenvalue weighted by molar-refractivity contribution is 0.0204. The number of nitrogens with zero attached hydrogens (tertiary/aromatic N) is 5. The van der Waals surface area contributed by atoms with Gasteiger partial charge in [0.15, 0.2) is 5.82 Å². The summed E-state index contributed by atoms with van der Waals surface area (Å²) < 4.78 is 7.48. The Morgan fingerprint density at radius 1 is 1.11 bits per heavy atom. The fraction of sp³-hybridized carbons (Fsp3) is 0.571. The number of hydrogen-bond donors (Lipinski definition) is 1. The fourth-order valence-electron chi connectivity index (χ4n) is 5.51. The summed E-state index contributed by atoms with van der Waals surface area (Å²) in [4.78, 5) is 23.7. The summed E-state index contributed by atoms with van der Waals surface area (Å²) in [6.45, 7) is 11.2. The van der Waals surface area contributed by atoms with Crippen molar-refractivity contribution < 1.29 is 14.6 Å². The summed E-state index contributed by atoms with van der Waals surface area (Å²) in [5.41, 5.74) is 4.11. The van der Waals surface area contributed by atoms with E-state index in [1.807, 2.05) is 49.5 Å². The lowest BCUT2D eigenvalue weighted by Gasteiger charge is -2.34. The lowest BCUT2D eigenvalue weighted by atomic mass is 9.79. The molecule has 3 aromatic rings. The maximum atomic E-state index is 12.5. The Morgan fingerprint density at radius 3 is 2.50 bits per heavy atom. The zero-order valence-corrected chi connectivity index (χ0v) is 22.0. The number of aliphatic hydroxyl groups excluding tert-OH is 1. The minimum Gasteiger partial charge on any atom is -0.444 e. The topological polar surface area (TPSA) is 93.4 Å². The maximum Gasteiger partial charge on any atom is 0.410 e. The van der Waals surface area contributed by atoms with E-state index >= 15 is 0 Å². The second kappa shape index (κ2) is 9.47. The Bertz CT molecular complexity index is 1260. The first-order valence-electron chi connectivity index (χ1n) is 13.0. The van der Waals surface area contributed by atoms with Crippen LogP contribution < -0.4 is 0 Å². The molecule has 36 heavy (non-hydrogen) atoms. The van der Waals surface area contributed by atoms with Crippen molar-refractivity contribution in [3.63, 3.8) is 0 Å². The standard InChI is InChI=1S/C28H37N5O3/c1-17-10-21-16-29-33(26-14-22(30-18(2)31-26)11-19-12-23(34)13-19)25(21)15-24(17)20-6-8-32(9-7-20)27(35)36-28(3,4)5/h10,14-16,19-20,23,34H,6-9,11-13H2,1-5H3. The summed E-state index contributed by atoms with van der Waals surface area (Å²) in [7, 11) is 0. The molecule has 0 spiro atoms. The van der Waals surface area contributed by atoms with Crippen LogP contribution in [-0.2, 0) is 11.2 Å². The molecule has 1 saturated heterocycles. The number of piperidine rings is 1. The molecule has 2 aliphatic rings. The van der Waals surface area contributed by atoms with Crippen LogP contribution in [0, 0.1) is 19.8 Å². The number of benzene rings is 1. The molecule has 8 nitrogen and oxygen atoms in total. The monoisotopic (exact) mass is 491 g/mol. The highest BCUT2D eigenvalue weighted by Crippen LogP contribution is 2.34. The fourth-order valence-corrected chi connectivity index (χ4v) is 5.51. The van der Waals surface area contributed by atoms with Crippen molar-refractivity contribution in [1.29, 1.82) is 0 Å². The summed E-state index contributed by atoms with van der Waals surface area (Å²) in [6, 6.07) is 6.49. The first-order valence-corrected chi connectivity index (χ1v) is 13.0. The van der Waals surface area contributed by atoms with Crippen LogP contribution in [0.1, 0.15) is 75.0 Å². The molecule has 1 aromatic carbocycles. The van der Waals surface area contributed by atoms with Gasteiger partial charge in [-0.05, 0) is 102 Å². The van der Waals surface area contributed by atoms with Crippen LogP contribution in [0.25, 0.3) is 16.7 Å². The molecule has 2 aromatic heterocycles. The first-order chi connectivity index (χ1) is 17.1. The van der Waals surface area contributed by atoms with Crippen molar-refractivity contribution in [2.45, 2.75) is 84.3 Å². The van der Waals surface area contributed by atoms with Gasteiger partial charge in [0.1, 0.15) is 11.4 Å². The van der Waals surface area contributed by atoms with Gasteiger partial charge < -0.3 is 14.7 Å². The van der Waals surface area contributed by atoms with Gasteiger partial charge in [-0.1, -0.05) is 0 Å². The first kappa shape index (κ1) is 24.7. The highest BCUT2D eigenvalue weighted by Gasteiger charge is 2.29. The molecule has 1 aliphatic carbocycles. The molecular weight excluding hydrogens is 454 g/mol. The van der Waals surface area contributed by atoms with Crippen molar-refractivity contribution in [2.75, 3.05) is 13.1 Å². The average Bonchev–Trinajstić information content (AvgIpc) is 3.19. The highest BCUT2D eigenvalue weighted by atomic mass is 16.6. The number of rotatable bonds is 4. The molecular formula is C28H37N5O3. The number of amides is 1. The largest absolute Gasteiger partial charge is 0.444 e. The SMILES string of the molecule is Cc1nc(CC2CC(O)C2)cc(-n2ncc3cc(C)c(C4CCN(C(=O)OC(C)(C)C)CC4)cc32)n1. The number of carbonyl (C=O) groups is 1. The zero-order chi connectivity index (χ0) is 25.6. The van der Waals surface area contributed by atoms with Gasteiger partial charge in [0, 0.05) is 30.2 Å². The number of aliphatic hydroxyl groups is 1. The Hall–Kier alpha value is -3.00. The van der Waals surface area contributed by atoms with Crippen molar-refractivity contribution in [2.24, 2.45) is 5.92 Å². The van der Waals surface area contributed by atoms with E-state index in [9.17, 15) is 9.90 Å². The predicted octanol–water partition coefficient (Wildman–Crippen LogP) is 4.86. The predicted molar refractivity (Wildman–Crippen MR) is 138 cm³/mol. The lowest BCUT2D eigenvalue weighted by Crippen LogP contribution is -2.41. The van der Waals surface area contributed by atoms with Gasteiger partial charge in [-0.3, -0.25) is 0 Å². The van der Waals surface area contributed by atoms with E-state index in [-0.39, 0.29) is 12.2 Å². The molecule has 1 saturated carbocycles. The third-order valence-electron chi connectivity index (χ3n) is 7.35. The molecule has 1 N–H and O–H groups in total. The van der Waals surface area contributed by atoms with Gasteiger partial charge in [0.2, 0.25) is 0 Å². The molecule has 8 heteroatoms. The quantitative estimate of drug-likeness (QED) is 0.560. The molecule has 2 fully saturated rings. The van der Waals surface area contributed by atoms with E-state index in [4.69, 9.17) is 9.72 Å². The molecule has 0 unspecified atom stereocenters. The van der Waals surface area contributed by atoms with Gasteiger partial charge in [-0.15, -0.1) is 0 Å². The summed E-state index contributed by atoms with van der Waals surface area (Å²) in [5.74, 6) is 2.37. The van der Waals surface area contributed by atoms with Crippen LogP contribution in [0.3, 0.4) is 0 Å². The summed E-state index contributed by atoms with van der Waals surface area (Å²) >= 11 is 0. The number of hydrogen-bond acceptors (Lipinski definition) is 6. The molecule has 1 amide bonds. The molecule has 5 rings (SSSR count). The number of aryl methyl sites for hydroxylation is 2. The second-order valence-electron chi connectivity index (χ2n) is 11.5. The number of carbonyl (C=O) groups excluding carboxylic acids is 1. The Morgan fingerprint density at radius 2 is 1.83 bits per heavy atom. The van der Waals surface area contributed by atoms with Crippen LogP contribution in [0.5, 0.6) is 0 Å². The van der Waals surface area contributed by atoms with E-state index in [0.717, 1.165) is 60.3 Å². The molecule has 192 valence electrons. The van der Waals surface area contributed by atoms with Crippen LogP contribution in [0.15, 0.2) is 24.4 Å². The minimum absolute atomic E-state index is 0.162. The summed E-state index contributed by atoms with van der Waals surface area (Å²) in [5, 5.41) is 15.4. The number of fused-ring (bicyclic) bond motifs is 1. The smallest absolute Gasteiger partial charge is 0.410 e. The van der Waals surface area contributed by atoms with Crippen LogP contribution in [0.4, 0.5) is 4.79 Å². The highest BCUT2D eigenvalue weighted by molar-refractivity contribution is 5.82. The second-order valence-corrected chi connectivity index (χ2v) is 11.5. The van der Waals surface area contributed by atoms with Crippen LogP contribution in [-0.4, -0.2) is 60.6 Å². The number of ether oxygens (including phenoxy) is 1. The van der Waals surface area contributed by atoms with Gasteiger partial charge >= 0.3 is 6.09 Å². The van der Waals surface area contributed by atoms with Crippen LogP contribution in [0.2, 0.25) is 0 Å².